The first kappa shape index (κ1) is 31.8. The van der Waals surface area contributed by atoms with Gasteiger partial charge in [-0.1, -0.05) is 0 Å². The Labute approximate surface area is 217 Å². The van der Waals surface area contributed by atoms with Crippen molar-refractivity contribution in [2.45, 2.75) is 83.5 Å². The summed E-state index contributed by atoms with van der Waals surface area (Å²) >= 11 is 0. The number of rotatable bonds is 12. The van der Waals surface area contributed by atoms with Crippen molar-refractivity contribution in [1.82, 2.24) is 19.7 Å². The van der Waals surface area contributed by atoms with E-state index in [4.69, 9.17) is 18.7 Å². The Morgan fingerprint density at radius 3 is 2.34 bits per heavy atom. The van der Waals surface area contributed by atoms with Crippen LogP contribution in [0.25, 0.3) is 0 Å². The number of aromatic amines is 1. The molecule has 1 aliphatic rings. The molecule has 0 radical (unpaired) electrons. The van der Waals surface area contributed by atoms with Crippen molar-refractivity contribution in [3.05, 3.63) is 33.1 Å². The van der Waals surface area contributed by atoms with Crippen molar-refractivity contribution >= 4 is 19.6 Å². The van der Waals surface area contributed by atoms with E-state index in [0.29, 0.717) is 4.57 Å². The van der Waals surface area contributed by atoms with Gasteiger partial charge in [0.05, 0.1) is 12.7 Å². The maximum absolute atomic E-state index is 15.9. The summed E-state index contributed by atoms with van der Waals surface area (Å²) < 4.78 is 50.4. The largest absolute Gasteiger partial charge is 0.465 e. The summed E-state index contributed by atoms with van der Waals surface area (Å²) in [6.45, 7) is 6.96. The molecule has 0 saturated carbocycles. The van der Waals surface area contributed by atoms with Crippen molar-refractivity contribution in [2.24, 2.45) is 0 Å². The zero-order chi connectivity index (χ0) is 29.1. The number of aliphatic hydroxyl groups excluding tert-OH is 1. The number of esters is 2. The van der Waals surface area contributed by atoms with Gasteiger partial charge in [-0.25, -0.2) is 19.4 Å². The van der Waals surface area contributed by atoms with Crippen molar-refractivity contribution in [3.63, 3.8) is 0 Å². The van der Waals surface area contributed by atoms with Crippen molar-refractivity contribution < 1.29 is 47.5 Å². The highest BCUT2D eigenvalue weighted by Crippen LogP contribution is 2.48. The van der Waals surface area contributed by atoms with E-state index in [0.717, 1.165) is 19.2 Å². The molecule has 0 spiro atoms. The minimum atomic E-state index is -4.51. The lowest BCUT2D eigenvalue weighted by molar-refractivity contribution is -0.203. The van der Waals surface area contributed by atoms with Gasteiger partial charge in [-0.05, 0) is 41.5 Å². The summed E-state index contributed by atoms with van der Waals surface area (Å²) in [5, 5.41) is 26.0. The molecule has 7 atom stereocenters. The van der Waals surface area contributed by atoms with Gasteiger partial charge in [-0.2, -0.15) is 0 Å². The number of carbonyl (C=O) groups is 2. The molecule has 1 aliphatic heterocycles. The molecule has 38 heavy (non-hydrogen) atoms. The van der Waals surface area contributed by atoms with Crippen LogP contribution in [-0.4, -0.2) is 80.7 Å². The van der Waals surface area contributed by atoms with Crippen LogP contribution in [0.3, 0.4) is 0 Å². The van der Waals surface area contributed by atoms with Crippen LogP contribution in [0, 0.1) is 0 Å². The Hall–Kier alpha value is -2.46. The third-order valence-electron chi connectivity index (χ3n) is 5.39. The first-order valence-electron chi connectivity index (χ1n) is 11.7. The number of nitrogens with one attached hydrogen (secondary N) is 3. The van der Waals surface area contributed by atoms with E-state index >= 15 is 4.39 Å². The zero-order valence-corrected chi connectivity index (χ0v) is 22.7. The summed E-state index contributed by atoms with van der Waals surface area (Å²) in [6.07, 6.45) is -3.77. The second kappa shape index (κ2) is 12.2. The van der Waals surface area contributed by atoms with Crippen LogP contribution in [0.15, 0.2) is 21.9 Å². The molecule has 3 unspecified atom stereocenters. The molecule has 216 valence electrons. The Morgan fingerprint density at radius 1 is 1.24 bits per heavy atom. The number of nitrogens with zero attached hydrogens (tertiary/aromatic N) is 1. The van der Waals surface area contributed by atoms with Crippen molar-refractivity contribution in [3.8, 4) is 0 Å². The molecule has 2 rings (SSSR count). The molecule has 1 fully saturated rings. The molecule has 15 nitrogen and oxygen atoms in total. The van der Waals surface area contributed by atoms with Gasteiger partial charge in [0.1, 0.15) is 30.4 Å². The highest BCUT2D eigenvalue weighted by atomic mass is 31.2. The van der Waals surface area contributed by atoms with Gasteiger partial charge in [0, 0.05) is 12.3 Å². The number of ether oxygens (including phenoxy) is 3. The molecule has 1 aromatic heterocycles. The summed E-state index contributed by atoms with van der Waals surface area (Å²) in [6, 6.07) is -1.62. The van der Waals surface area contributed by atoms with Gasteiger partial charge in [-0.3, -0.25) is 33.0 Å². The quantitative estimate of drug-likeness (QED) is 0.158. The number of hydrogen-bond donors (Lipinski definition) is 5. The van der Waals surface area contributed by atoms with Crippen molar-refractivity contribution in [1.29, 1.82) is 0 Å². The third kappa shape index (κ3) is 7.34. The molecule has 0 bridgehead atoms. The second-order valence-corrected chi connectivity index (χ2v) is 11.0. The van der Waals surface area contributed by atoms with E-state index in [-0.39, 0.29) is 6.61 Å². The number of aliphatic hydroxyl groups is 2. The van der Waals surface area contributed by atoms with E-state index in [1.165, 1.54) is 13.8 Å². The van der Waals surface area contributed by atoms with E-state index < -0.39 is 79.4 Å². The first-order valence-corrected chi connectivity index (χ1v) is 13.3. The van der Waals surface area contributed by atoms with E-state index in [1.54, 1.807) is 20.8 Å². The summed E-state index contributed by atoms with van der Waals surface area (Å²) in [5.41, 5.74) is -4.26. The van der Waals surface area contributed by atoms with Crippen LogP contribution in [-0.2, 0) is 32.9 Å². The summed E-state index contributed by atoms with van der Waals surface area (Å²) in [4.78, 5) is 49.8. The first-order chi connectivity index (χ1) is 17.5. The standard InChI is InChI=1S/C21H34FN4O11P/c1-7-34-15(28)12(4)24-38(33,25-13(5)16(29)36-11(2)3)35-10-21(22)17(30)20(6,32)18(37-21)26-9-8-14(27)23-19(26)31/h8-9,11-13,17-18,30,32H,7,10H2,1-6H3,(H,23,27,31)(H2,24,25,33)/t12?,13?,17-,18+,20+,21+,38?/m0/s1. The maximum Gasteiger partial charge on any atom is 0.342 e. The number of H-pyrrole nitrogens is 1. The lowest BCUT2D eigenvalue weighted by Crippen LogP contribution is -2.50. The Morgan fingerprint density at radius 2 is 1.82 bits per heavy atom. The topological polar surface area (TPSA) is 208 Å². The number of alkyl halides is 1. The smallest absolute Gasteiger partial charge is 0.342 e. The molecule has 0 aromatic carbocycles. The molecule has 1 saturated heterocycles. The van der Waals surface area contributed by atoms with E-state index in [2.05, 4.69) is 10.2 Å². The minimum absolute atomic E-state index is 0.00870. The molecular formula is C21H34FN4O11P. The fourth-order valence-corrected chi connectivity index (χ4v) is 5.32. The number of aromatic nitrogens is 2. The van der Waals surface area contributed by atoms with Gasteiger partial charge in [-0.15, -0.1) is 0 Å². The Balaban J connectivity index is 2.32. The summed E-state index contributed by atoms with van der Waals surface area (Å²) in [5.74, 6) is -4.91. The third-order valence-corrected chi connectivity index (χ3v) is 7.34. The number of hydrogen-bond acceptors (Lipinski definition) is 11. The average Bonchev–Trinajstić information content (AvgIpc) is 2.98. The van der Waals surface area contributed by atoms with E-state index in [1.807, 2.05) is 4.98 Å². The number of carbonyl (C=O) groups excluding carboxylic acids is 2. The lowest BCUT2D eigenvalue weighted by Gasteiger charge is -2.30. The van der Waals surface area contributed by atoms with Crippen LogP contribution in [0.5, 0.6) is 0 Å². The van der Waals surface area contributed by atoms with Crippen LogP contribution in [0.2, 0.25) is 0 Å². The van der Waals surface area contributed by atoms with Crippen LogP contribution in [0.4, 0.5) is 4.39 Å². The lowest BCUT2D eigenvalue weighted by atomic mass is 9.95. The normalized spacial score (nSPS) is 28.5. The van der Waals surface area contributed by atoms with Crippen LogP contribution < -0.4 is 21.4 Å². The van der Waals surface area contributed by atoms with Gasteiger partial charge >= 0.3 is 25.3 Å². The molecule has 0 aliphatic carbocycles. The van der Waals surface area contributed by atoms with Gasteiger partial charge in [0.15, 0.2) is 6.23 Å². The van der Waals surface area contributed by atoms with E-state index in [9.17, 15) is 34.0 Å². The predicted octanol–water partition coefficient (Wildman–Crippen LogP) is -0.561. The van der Waals surface area contributed by atoms with Crippen LogP contribution in [0.1, 0.15) is 47.8 Å². The molecule has 1 aromatic rings. The molecule has 17 heteroatoms. The zero-order valence-electron chi connectivity index (χ0n) is 21.8. The monoisotopic (exact) mass is 568 g/mol. The molecule has 2 heterocycles. The maximum atomic E-state index is 15.9. The van der Waals surface area contributed by atoms with Crippen LogP contribution >= 0.6 is 7.67 Å². The van der Waals surface area contributed by atoms with Gasteiger partial charge in [0.2, 0.25) is 0 Å². The SMILES string of the molecule is CCOC(=O)C(C)NP(=O)(NC(C)C(=O)OC(C)C)OC[C@@]1(F)O[C@@H](n2ccc(=O)[nH]c2=O)[C@](C)(O)[C@@H]1O. The fraction of sp³-hybridized carbons (Fsp3) is 0.714. The highest BCUT2D eigenvalue weighted by Gasteiger charge is 2.63. The minimum Gasteiger partial charge on any atom is -0.465 e. The Kier molecular flexibility index (Phi) is 10.2. The molecular weight excluding hydrogens is 534 g/mol. The number of halogens is 1. The molecule has 5 N–H and O–H groups in total. The fourth-order valence-electron chi connectivity index (χ4n) is 3.51. The Bertz CT molecular complexity index is 1170. The van der Waals surface area contributed by atoms with Gasteiger partial charge in [0.25, 0.3) is 11.4 Å². The van der Waals surface area contributed by atoms with Gasteiger partial charge < -0.3 is 24.4 Å². The summed E-state index contributed by atoms with van der Waals surface area (Å²) in [7, 11) is -4.51. The highest BCUT2D eigenvalue weighted by molar-refractivity contribution is 7.54. The average molecular weight is 568 g/mol. The second-order valence-electron chi connectivity index (χ2n) is 9.17. The predicted molar refractivity (Wildman–Crippen MR) is 129 cm³/mol. The molecule has 0 amide bonds. The van der Waals surface area contributed by atoms with Crippen molar-refractivity contribution in [2.75, 3.05) is 13.2 Å².